The van der Waals surface area contributed by atoms with Crippen LogP contribution in [0.3, 0.4) is 0 Å². The monoisotopic (exact) mass is 373 g/mol. The van der Waals surface area contributed by atoms with E-state index in [1.165, 1.54) is 11.9 Å². The Morgan fingerprint density at radius 2 is 1.81 bits per heavy atom. The molecule has 0 spiro atoms. The van der Waals surface area contributed by atoms with Crippen molar-refractivity contribution in [1.29, 1.82) is 0 Å². The molecule has 1 atom stereocenters. The van der Waals surface area contributed by atoms with E-state index in [9.17, 15) is 9.59 Å². The molecule has 2 aromatic rings. The number of hydrogen-bond donors (Lipinski definition) is 2. The minimum atomic E-state index is -1.08. The highest BCUT2D eigenvalue weighted by Crippen LogP contribution is 2.34. The molecule has 7 heteroatoms. The lowest BCUT2D eigenvalue weighted by molar-refractivity contribution is -0.721. The topological polar surface area (TPSA) is 75.6 Å². The number of ether oxygens (including phenoxy) is 1. The second kappa shape index (κ2) is 8.25. The predicted molar refractivity (Wildman–Crippen MR) is 99.6 cm³/mol. The van der Waals surface area contributed by atoms with Crippen molar-refractivity contribution in [1.82, 2.24) is 5.32 Å². The number of carboxylic acid groups (broad SMARTS) is 1. The quantitative estimate of drug-likeness (QED) is 0.436. The minimum absolute atomic E-state index is 0.145. The Balaban J connectivity index is 1.67. The van der Waals surface area contributed by atoms with Gasteiger partial charge in [-0.2, -0.15) is 3.89 Å². The zero-order valence-corrected chi connectivity index (χ0v) is 15.1. The number of carbonyl (C=O) groups is 2. The summed E-state index contributed by atoms with van der Waals surface area (Å²) in [5, 5.41) is 11.1. The van der Waals surface area contributed by atoms with Gasteiger partial charge in [0.2, 0.25) is 0 Å². The van der Waals surface area contributed by atoms with Gasteiger partial charge in [0.25, 0.3) is 0 Å². The van der Waals surface area contributed by atoms with Crippen molar-refractivity contribution in [3.63, 3.8) is 0 Å². The molecule has 1 aliphatic rings. The first-order valence-corrected chi connectivity index (χ1v) is 9.35. The van der Waals surface area contributed by atoms with E-state index in [1.54, 1.807) is 0 Å². The fourth-order valence-electron chi connectivity index (χ4n) is 2.96. The number of hydrogen-bond acceptors (Lipinski definition) is 4. The van der Waals surface area contributed by atoms with Crippen LogP contribution in [0.25, 0.3) is 0 Å². The van der Waals surface area contributed by atoms with Crippen LogP contribution in [-0.4, -0.2) is 33.4 Å². The number of benzene rings is 2. The summed E-state index contributed by atoms with van der Waals surface area (Å²) in [6.07, 6.45) is 0.285. The van der Waals surface area contributed by atoms with Crippen LogP contribution in [0.5, 0.6) is 11.5 Å². The molecule has 0 bridgehead atoms. The molecule has 1 saturated heterocycles. The van der Waals surface area contributed by atoms with Gasteiger partial charge in [0.1, 0.15) is 35.9 Å². The molecule has 3 rings (SSSR count). The summed E-state index contributed by atoms with van der Waals surface area (Å²) in [5.74, 6) is 1.84. The Hall–Kier alpha value is -2.51. The molecular formula is C19H21N2O4S+. The van der Waals surface area contributed by atoms with Crippen LogP contribution >= 0.6 is 11.9 Å². The number of quaternary nitrogens is 1. The molecule has 2 amide bonds. The van der Waals surface area contributed by atoms with Crippen molar-refractivity contribution in [2.75, 3.05) is 12.4 Å². The van der Waals surface area contributed by atoms with Gasteiger partial charge in [-0.15, -0.1) is 0 Å². The lowest BCUT2D eigenvalue weighted by Crippen LogP contribution is -2.43. The molecule has 6 nitrogen and oxygen atoms in total. The molecule has 0 saturated carbocycles. The molecule has 0 aromatic heterocycles. The molecule has 2 N–H and O–H groups in total. The van der Waals surface area contributed by atoms with Crippen LogP contribution < -0.4 is 10.1 Å². The number of carbonyl (C=O) groups excluding carboxylic acids is 1. The smallest absolute Gasteiger partial charge is 0.405 e. The lowest BCUT2D eigenvalue weighted by Gasteiger charge is -2.28. The van der Waals surface area contributed by atoms with Gasteiger partial charge in [-0.05, 0) is 36.4 Å². The van der Waals surface area contributed by atoms with E-state index in [1.807, 2.05) is 54.6 Å². The summed E-state index contributed by atoms with van der Waals surface area (Å²) in [6, 6.07) is 17.2. The van der Waals surface area contributed by atoms with Crippen molar-refractivity contribution in [2.24, 2.45) is 0 Å². The first-order valence-electron chi connectivity index (χ1n) is 8.41. The number of rotatable bonds is 7. The van der Waals surface area contributed by atoms with E-state index < -0.39 is 6.09 Å². The number of para-hydroxylation sites is 1. The lowest BCUT2D eigenvalue weighted by atomic mass is 10.2. The summed E-state index contributed by atoms with van der Waals surface area (Å²) in [6.45, 7) is 1.25. The van der Waals surface area contributed by atoms with E-state index in [4.69, 9.17) is 9.84 Å². The number of nitrogens with one attached hydrogen (secondary N) is 1. The molecule has 1 fully saturated rings. The summed E-state index contributed by atoms with van der Waals surface area (Å²) in [4.78, 5) is 23.1. The van der Waals surface area contributed by atoms with Gasteiger partial charge < -0.3 is 15.2 Å². The third-order valence-corrected chi connectivity index (χ3v) is 5.52. The maximum atomic E-state index is 12.4. The Morgan fingerprint density at radius 1 is 1.12 bits per heavy atom. The summed E-state index contributed by atoms with van der Waals surface area (Å²) in [7, 11) is 0. The molecule has 0 radical (unpaired) electrons. The molecule has 1 heterocycles. The molecule has 1 aliphatic heterocycles. The highest BCUT2D eigenvalue weighted by atomic mass is 32.2. The molecule has 0 aliphatic carbocycles. The molecular weight excluding hydrogens is 352 g/mol. The molecule has 1 unspecified atom stereocenters. The van der Waals surface area contributed by atoms with Crippen LogP contribution in [0.2, 0.25) is 0 Å². The Bertz CT molecular complexity index is 767. The Kier molecular flexibility index (Phi) is 5.80. The highest BCUT2D eigenvalue weighted by Gasteiger charge is 2.43. The van der Waals surface area contributed by atoms with Crippen LogP contribution in [0.15, 0.2) is 54.6 Å². The maximum absolute atomic E-state index is 12.4. The molecule has 136 valence electrons. The zero-order valence-electron chi connectivity index (χ0n) is 14.3. The van der Waals surface area contributed by atoms with E-state index >= 15 is 0 Å². The van der Waals surface area contributed by atoms with Gasteiger partial charge in [-0.25, -0.2) is 9.59 Å². The van der Waals surface area contributed by atoms with Crippen molar-refractivity contribution in [2.45, 2.75) is 19.4 Å². The van der Waals surface area contributed by atoms with E-state index in [0.717, 1.165) is 23.5 Å². The van der Waals surface area contributed by atoms with Gasteiger partial charge in [-0.3, -0.25) is 0 Å². The maximum Gasteiger partial charge on any atom is 0.405 e. The van der Waals surface area contributed by atoms with Gasteiger partial charge in [0, 0.05) is 12.0 Å². The van der Waals surface area contributed by atoms with E-state index in [2.05, 4.69) is 5.32 Å². The van der Waals surface area contributed by atoms with E-state index in [0.29, 0.717) is 19.5 Å². The van der Waals surface area contributed by atoms with Gasteiger partial charge >= 0.3 is 12.0 Å². The van der Waals surface area contributed by atoms with Crippen LogP contribution in [0.1, 0.15) is 18.4 Å². The van der Waals surface area contributed by atoms with Crippen molar-refractivity contribution in [3.8, 4) is 11.5 Å². The van der Waals surface area contributed by atoms with Gasteiger partial charge in [0.15, 0.2) is 0 Å². The second-order valence-corrected chi connectivity index (χ2v) is 7.33. The average Bonchev–Trinajstić information content (AvgIpc) is 2.98. The summed E-state index contributed by atoms with van der Waals surface area (Å²) < 4.78 is 6.01. The van der Waals surface area contributed by atoms with Crippen molar-refractivity contribution in [3.05, 3.63) is 60.2 Å². The van der Waals surface area contributed by atoms with Gasteiger partial charge in [-0.1, -0.05) is 18.2 Å². The number of likely N-dealkylation sites (tertiary alicyclic amines) is 1. The molecule has 26 heavy (non-hydrogen) atoms. The van der Waals surface area contributed by atoms with Crippen LogP contribution in [0, 0.1) is 0 Å². The molecule has 2 aromatic carbocycles. The largest absolute Gasteiger partial charge is 0.465 e. The number of amides is 2. The van der Waals surface area contributed by atoms with Crippen molar-refractivity contribution < 1.29 is 23.3 Å². The van der Waals surface area contributed by atoms with Gasteiger partial charge in [0.05, 0.1) is 13.0 Å². The first-order chi connectivity index (χ1) is 12.6. The van der Waals surface area contributed by atoms with Crippen molar-refractivity contribution >= 4 is 23.9 Å². The summed E-state index contributed by atoms with van der Waals surface area (Å²) in [5.41, 5.74) is 1.02. The third-order valence-electron chi connectivity index (χ3n) is 4.24. The SMILES string of the molecule is O=C(O)NCS[N+]1(Cc2ccc(Oc3ccccc3)cc2)CCCC1=O. The summed E-state index contributed by atoms with van der Waals surface area (Å²) >= 11 is 1.33. The Morgan fingerprint density at radius 3 is 2.42 bits per heavy atom. The fraction of sp³-hybridized carbons (Fsp3) is 0.263. The third kappa shape index (κ3) is 4.56. The first kappa shape index (κ1) is 18.3. The normalized spacial score (nSPS) is 19.3. The van der Waals surface area contributed by atoms with Crippen LogP contribution in [-0.2, 0) is 11.3 Å². The predicted octanol–water partition coefficient (Wildman–Crippen LogP) is 3.99. The van der Waals surface area contributed by atoms with E-state index in [-0.39, 0.29) is 15.7 Å². The zero-order chi connectivity index (χ0) is 18.4. The number of nitrogens with zero attached hydrogens (tertiary/aromatic N) is 1. The Labute approximate surface area is 156 Å². The van der Waals surface area contributed by atoms with Crippen LogP contribution in [0.4, 0.5) is 4.79 Å². The minimum Gasteiger partial charge on any atom is -0.465 e. The highest BCUT2D eigenvalue weighted by molar-refractivity contribution is 7.94. The fourth-order valence-corrected chi connectivity index (χ4v) is 4.13. The average molecular weight is 373 g/mol. The second-order valence-electron chi connectivity index (χ2n) is 6.08. The standard InChI is InChI=1S/C19H20N2O4S/c22-18-7-4-12-21(18,26-14-20-19(23)24)13-15-8-10-17(11-9-15)25-16-5-2-1-3-6-16/h1-3,5-6,8-11,20H,4,7,12-14H2/p+1.